The Morgan fingerprint density at radius 2 is 2.00 bits per heavy atom. The second kappa shape index (κ2) is 7.56. The molecule has 26 heavy (non-hydrogen) atoms. The van der Waals surface area contributed by atoms with Crippen LogP contribution in [0.2, 0.25) is 0 Å². The number of fused-ring (bicyclic) bond motifs is 1. The van der Waals surface area contributed by atoms with Gasteiger partial charge in [0.1, 0.15) is 5.82 Å². The fourth-order valence-corrected chi connectivity index (χ4v) is 4.04. The van der Waals surface area contributed by atoms with Gasteiger partial charge in [-0.1, -0.05) is 18.2 Å². The van der Waals surface area contributed by atoms with Crippen molar-refractivity contribution in [1.29, 1.82) is 0 Å². The zero-order valence-corrected chi connectivity index (χ0v) is 15.2. The molecule has 0 aliphatic carbocycles. The summed E-state index contributed by atoms with van der Waals surface area (Å²) in [5, 5.41) is 13.1. The minimum absolute atomic E-state index is 0.194. The Bertz CT molecular complexity index is 889. The minimum Gasteiger partial charge on any atom is -0.396 e. The third-order valence-corrected chi connectivity index (χ3v) is 5.30. The van der Waals surface area contributed by atoms with Crippen molar-refractivity contribution in [3.63, 3.8) is 0 Å². The van der Waals surface area contributed by atoms with Gasteiger partial charge in [-0.2, -0.15) is 0 Å². The van der Waals surface area contributed by atoms with Gasteiger partial charge in [-0.3, -0.25) is 10.3 Å². The number of piperidine rings is 1. The molecule has 1 fully saturated rings. The van der Waals surface area contributed by atoms with E-state index in [0.29, 0.717) is 0 Å². The van der Waals surface area contributed by atoms with Crippen LogP contribution in [0.4, 0.5) is 0 Å². The smallest absolute Gasteiger partial charge is 0.127 e. The number of rotatable bonds is 5. The molecule has 2 aromatic heterocycles. The van der Waals surface area contributed by atoms with E-state index in [4.69, 9.17) is 4.98 Å². The number of nitrogens with one attached hydrogen (secondary N) is 1. The highest BCUT2D eigenvalue weighted by Crippen LogP contribution is 2.34. The minimum atomic E-state index is 0.194. The first kappa shape index (κ1) is 17.2. The normalized spacial score (nSPS) is 20.5. The van der Waals surface area contributed by atoms with Crippen molar-refractivity contribution in [3.05, 3.63) is 59.7 Å². The predicted molar refractivity (Wildman–Crippen MR) is 103 cm³/mol. The molecule has 136 valence electrons. The summed E-state index contributed by atoms with van der Waals surface area (Å²) in [4.78, 5) is 9.56. The molecule has 1 saturated heterocycles. The van der Waals surface area contributed by atoms with Crippen LogP contribution >= 0.6 is 0 Å². The van der Waals surface area contributed by atoms with Crippen LogP contribution in [0.25, 0.3) is 11.0 Å². The number of hydrogen-bond acceptors (Lipinski definition) is 4. The van der Waals surface area contributed by atoms with Crippen molar-refractivity contribution in [2.75, 3.05) is 6.61 Å². The number of aliphatic hydroxyl groups excluding tert-OH is 1. The molecule has 1 aromatic carbocycles. The molecule has 5 heteroatoms. The Balaban J connectivity index is 1.67. The Hall–Kier alpha value is -2.24. The molecule has 3 aromatic rings. The van der Waals surface area contributed by atoms with E-state index in [1.165, 1.54) is 5.56 Å². The van der Waals surface area contributed by atoms with Gasteiger partial charge in [0.2, 0.25) is 0 Å². The van der Waals surface area contributed by atoms with Crippen LogP contribution in [0.5, 0.6) is 0 Å². The summed E-state index contributed by atoms with van der Waals surface area (Å²) < 4.78 is 2.27. The molecular weight excluding hydrogens is 324 g/mol. The lowest BCUT2D eigenvalue weighted by Gasteiger charge is -2.31. The first-order valence-electron chi connectivity index (χ1n) is 9.51. The monoisotopic (exact) mass is 350 g/mol. The summed E-state index contributed by atoms with van der Waals surface area (Å²) in [7, 11) is 0. The summed E-state index contributed by atoms with van der Waals surface area (Å²) in [5.74, 6) is 1.08. The van der Waals surface area contributed by atoms with Crippen LogP contribution in [0.3, 0.4) is 0 Å². The van der Waals surface area contributed by atoms with Gasteiger partial charge in [-0.15, -0.1) is 0 Å². The van der Waals surface area contributed by atoms with E-state index in [0.717, 1.165) is 54.8 Å². The van der Waals surface area contributed by atoms with Gasteiger partial charge in [0.05, 0.1) is 28.8 Å². The summed E-state index contributed by atoms with van der Waals surface area (Å²) >= 11 is 0. The van der Waals surface area contributed by atoms with Crippen LogP contribution in [0.15, 0.2) is 42.6 Å². The predicted octanol–water partition coefficient (Wildman–Crippen LogP) is 3.68. The standard InChI is InChI=1S/C21H26N4O/c1-15-7-5-12-22-20(15)17-9-4-10-18(23-17)21-24-16-8-2-3-11-19(16)25(21)13-6-14-26/h2-3,5,7-8,11-12,17-18,23,26H,4,6,9-10,13-14H2,1H3/t17-,18+/m0/s1. The van der Waals surface area contributed by atoms with Crippen molar-refractivity contribution in [2.45, 2.75) is 51.2 Å². The van der Waals surface area contributed by atoms with Gasteiger partial charge >= 0.3 is 0 Å². The van der Waals surface area contributed by atoms with Gasteiger partial charge in [0.25, 0.3) is 0 Å². The second-order valence-electron chi connectivity index (χ2n) is 7.10. The van der Waals surface area contributed by atoms with Crippen molar-refractivity contribution >= 4 is 11.0 Å². The van der Waals surface area contributed by atoms with E-state index in [1.54, 1.807) is 0 Å². The quantitative estimate of drug-likeness (QED) is 0.737. The Morgan fingerprint density at radius 3 is 2.85 bits per heavy atom. The highest BCUT2D eigenvalue weighted by atomic mass is 16.3. The molecule has 3 heterocycles. The zero-order chi connectivity index (χ0) is 17.9. The number of aryl methyl sites for hydroxylation is 2. The molecular formula is C21H26N4O. The van der Waals surface area contributed by atoms with Gasteiger partial charge < -0.3 is 9.67 Å². The third kappa shape index (κ3) is 3.24. The van der Waals surface area contributed by atoms with Gasteiger partial charge in [0, 0.05) is 19.3 Å². The topological polar surface area (TPSA) is 63.0 Å². The van der Waals surface area contributed by atoms with Crippen LogP contribution in [0, 0.1) is 6.92 Å². The van der Waals surface area contributed by atoms with E-state index in [-0.39, 0.29) is 18.7 Å². The van der Waals surface area contributed by atoms with E-state index in [2.05, 4.69) is 46.1 Å². The molecule has 0 unspecified atom stereocenters. The third-order valence-electron chi connectivity index (χ3n) is 5.30. The molecule has 5 nitrogen and oxygen atoms in total. The lowest BCUT2D eigenvalue weighted by Crippen LogP contribution is -2.33. The fourth-order valence-electron chi connectivity index (χ4n) is 4.04. The average Bonchev–Trinajstić information content (AvgIpc) is 3.05. The molecule has 0 amide bonds. The Labute approximate surface area is 154 Å². The SMILES string of the molecule is Cc1cccnc1[C@@H]1CCC[C@H](c2nc3ccccc3n2CCCO)N1. The van der Waals surface area contributed by atoms with Crippen molar-refractivity contribution in [1.82, 2.24) is 19.9 Å². The first-order chi connectivity index (χ1) is 12.8. The number of nitrogens with zero attached hydrogens (tertiary/aromatic N) is 3. The number of pyridine rings is 1. The Morgan fingerprint density at radius 1 is 1.15 bits per heavy atom. The van der Waals surface area contributed by atoms with Gasteiger partial charge in [-0.25, -0.2) is 4.98 Å². The highest BCUT2D eigenvalue weighted by molar-refractivity contribution is 5.76. The van der Waals surface area contributed by atoms with Crippen molar-refractivity contribution < 1.29 is 5.11 Å². The molecule has 4 rings (SSSR count). The fraction of sp³-hybridized carbons (Fsp3) is 0.429. The maximum Gasteiger partial charge on any atom is 0.127 e. The van der Waals surface area contributed by atoms with Crippen molar-refractivity contribution in [3.8, 4) is 0 Å². The molecule has 1 aliphatic rings. The van der Waals surface area contributed by atoms with E-state index in [9.17, 15) is 5.11 Å². The lowest BCUT2D eigenvalue weighted by molar-refractivity contribution is 0.274. The van der Waals surface area contributed by atoms with Gasteiger partial charge in [0.15, 0.2) is 0 Å². The number of para-hydroxylation sites is 2. The molecule has 2 atom stereocenters. The molecule has 2 N–H and O–H groups in total. The molecule has 0 spiro atoms. The molecule has 0 bridgehead atoms. The largest absolute Gasteiger partial charge is 0.396 e. The number of aromatic nitrogens is 3. The molecule has 0 radical (unpaired) electrons. The Kier molecular flexibility index (Phi) is 5.00. The van der Waals surface area contributed by atoms with E-state index < -0.39 is 0 Å². The average molecular weight is 350 g/mol. The first-order valence-corrected chi connectivity index (χ1v) is 9.51. The summed E-state index contributed by atoms with van der Waals surface area (Å²) in [6.45, 7) is 3.11. The maximum atomic E-state index is 9.30. The van der Waals surface area contributed by atoms with E-state index >= 15 is 0 Å². The molecule has 1 aliphatic heterocycles. The number of hydrogen-bond donors (Lipinski definition) is 2. The van der Waals surface area contributed by atoms with Crippen LogP contribution in [0.1, 0.15) is 54.8 Å². The zero-order valence-electron chi connectivity index (χ0n) is 15.2. The summed E-state index contributed by atoms with van der Waals surface area (Å²) in [5.41, 5.74) is 4.56. The maximum absolute atomic E-state index is 9.30. The second-order valence-corrected chi connectivity index (χ2v) is 7.10. The molecule has 0 saturated carbocycles. The number of benzene rings is 1. The van der Waals surface area contributed by atoms with E-state index in [1.807, 2.05) is 18.3 Å². The highest BCUT2D eigenvalue weighted by Gasteiger charge is 2.28. The van der Waals surface area contributed by atoms with Gasteiger partial charge in [-0.05, 0) is 56.4 Å². The van der Waals surface area contributed by atoms with Crippen LogP contribution in [-0.4, -0.2) is 26.2 Å². The number of imidazole rings is 1. The number of aliphatic hydroxyl groups is 1. The lowest BCUT2D eigenvalue weighted by atomic mass is 9.94. The summed E-state index contributed by atoms with van der Waals surface area (Å²) in [6.07, 6.45) is 5.95. The summed E-state index contributed by atoms with van der Waals surface area (Å²) in [6, 6.07) is 12.9. The van der Waals surface area contributed by atoms with Crippen LogP contribution < -0.4 is 5.32 Å². The van der Waals surface area contributed by atoms with Crippen molar-refractivity contribution in [2.24, 2.45) is 0 Å². The van der Waals surface area contributed by atoms with Crippen LogP contribution in [-0.2, 0) is 6.54 Å².